The average Bonchev–Trinajstić information content (AvgIpc) is 3.31. The molecule has 2 fully saturated rings. The molecule has 0 spiro atoms. The van der Waals surface area contributed by atoms with Crippen LogP contribution in [0.15, 0.2) is 0 Å². The van der Waals surface area contributed by atoms with Crippen molar-refractivity contribution in [2.75, 3.05) is 13.2 Å². The van der Waals surface area contributed by atoms with Gasteiger partial charge in [-0.3, -0.25) is 18.6 Å². The van der Waals surface area contributed by atoms with Gasteiger partial charge in [-0.25, -0.2) is 13.9 Å². The van der Waals surface area contributed by atoms with Gasteiger partial charge in [0.15, 0.2) is 18.7 Å². The fourth-order valence-electron chi connectivity index (χ4n) is 9.00. The summed E-state index contributed by atoms with van der Waals surface area (Å²) in [6.45, 7) is 4.46. The Hall–Kier alpha value is -1.73. The molecule has 25 heteroatoms. The number of carbonyl (C=O) groups excluding carboxylic acids is 3. The highest BCUT2D eigenvalue weighted by Gasteiger charge is 2.52. The third kappa shape index (κ3) is 28.5. The summed E-state index contributed by atoms with van der Waals surface area (Å²) in [5.41, 5.74) is 0. The fourth-order valence-corrected chi connectivity index (χ4v) is 10.0. The summed E-state index contributed by atoms with van der Waals surface area (Å²) in [5.74, 6) is -2.66. The normalized spacial score (nSPS) is 26.0. The highest BCUT2D eigenvalue weighted by Crippen LogP contribution is 2.43. The van der Waals surface area contributed by atoms with E-state index in [1.165, 1.54) is 6.42 Å². The van der Waals surface area contributed by atoms with Crippen LogP contribution >= 0.6 is 15.6 Å². The lowest BCUT2D eigenvalue weighted by Crippen LogP contribution is -2.67. The van der Waals surface area contributed by atoms with E-state index in [0.29, 0.717) is 19.3 Å². The molecule has 0 saturated carbocycles. The molecular formula is C48H92N2O21P2. The second kappa shape index (κ2) is 37.1. The Morgan fingerprint density at radius 3 is 1.48 bits per heavy atom. The van der Waals surface area contributed by atoms with Gasteiger partial charge in [0.25, 0.3) is 0 Å². The van der Waals surface area contributed by atoms with Crippen molar-refractivity contribution in [2.45, 2.75) is 274 Å². The lowest BCUT2D eigenvalue weighted by Gasteiger charge is -2.45. The quantitative estimate of drug-likeness (QED) is 0.0230. The van der Waals surface area contributed by atoms with Crippen LogP contribution in [0.3, 0.4) is 0 Å². The van der Waals surface area contributed by atoms with E-state index in [2.05, 4.69) is 31.4 Å². The number of aliphatic hydroxyl groups is 6. The number of hydrogen-bond donors (Lipinski definition) is 12. The van der Waals surface area contributed by atoms with Gasteiger partial charge < -0.3 is 79.8 Å². The van der Waals surface area contributed by atoms with Gasteiger partial charge in [0, 0.05) is 0 Å². The summed E-state index contributed by atoms with van der Waals surface area (Å²) in [4.78, 5) is 78.8. The van der Waals surface area contributed by atoms with Gasteiger partial charge in [0.1, 0.15) is 54.8 Å². The topological polar surface area (TPSA) is 367 Å². The van der Waals surface area contributed by atoms with E-state index < -0.39 is 139 Å². The van der Waals surface area contributed by atoms with Crippen molar-refractivity contribution < 1.29 is 102 Å². The molecule has 13 atom stereocenters. The minimum absolute atomic E-state index is 0.156. The van der Waals surface area contributed by atoms with Gasteiger partial charge in [-0.05, 0) is 25.7 Å². The number of phosphoric ester groups is 2. The molecule has 0 unspecified atom stereocenters. The molecule has 12 N–H and O–H groups in total. The van der Waals surface area contributed by atoms with Crippen molar-refractivity contribution in [2.24, 2.45) is 0 Å². The van der Waals surface area contributed by atoms with Crippen LogP contribution in [-0.4, -0.2) is 161 Å². The minimum Gasteiger partial charge on any atom is -0.460 e. The number of hydrogen-bond acceptors (Lipinski definition) is 17. The van der Waals surface area contributed by atoms with Gasteiger partial charge in [0.2, 0.25) is 11.8 Å². The van der Waals surface area contributed by atoms with E-state index in [1.807, 2.05) is 0 Å². The molecule has 2 rings (SSSR count). The molecule has 0 aromatic rings. The molecule has 23 nitrogen and oxygen atoms in total. The fraction of sp³-hybridized carbons (Fsp3) is 0.938. The number of carbonyl (C=O) groups is 3. The summed E-state index contributed by atoms with van der Waals surface area (Å²) in [7, 11) is -10.8. The van der Waals surface area contributed by atoms with E-state index in [9.17, 15) is 73.7 Å². The summed E-state index contributed by atoms with van der Waals surface area (Å²) in [5, 5.41) is 70.1. The molecule has 2 amide bonds. The monoisotopic (exact) mass is 1090 g/mol. The van der Waals surface area contributed by atoms with Crippen LogP contribution in [0.4, 0.5) is 0 Å². The van der Waals surface area contributed by atoms with E-state index in [1.54, 1.807) is 0 Å². The molecule has 0 aromatic heterocycles. The summed E-state index contributed by atoms with van der Waals surface area (Å²) in [6, 6.07) is -3.59. The van der Waals surface area contributed by atoms with Gasteiger partial charge in [0.05, 0.1) is 32.2 Å². The second-order valence-corrected chi connectivity index (χ2v) is 22.0. The van der Waals surface area contributed by atoms with Crippen molar-refractivity contribution in [3.8, 4) is 0 Å². The maximum Gasteiger partial charge on any atom is 0.472 e. The molecule has 0 aromatic carbocycles. The lowest BCUT2D eigenvalue weighted by molar-refractivity contribution is -0.294. The Morgan fingerprint density at radius 2 is 0.986 bits per heavy atom. The number of ether oxygens (including phenoxy) is 4. The van der Waals surface area contributed by atoms with Crippen LogP contribution in [0, 0.1) is 0 Å². The molecule has 2 aliphatic heterocycles. The van der Waals surface area contributed by atoms with Crippen molar-refractivity contribution in [1.29, 1.82) is 0 Å². The van der Waals surface area contributed by atoms with Gasteiger partial charge in [-0.15, -0.1) is 0 Å². The van der Waals surface area contributed by atoms with Gasteiger partial charge >= 0.3 is 21.6 Å². The number of rotatable bonds is 41. The summed E-state index contributed by atoms with van der Waals surface area (Å²) >= 11 is 0. The number of amides is 2. The van der Waals surface area contributed by atoms with Gasteiger partial charge in [-0.2, -0.15) is 0 Å². The zero-order valence-electron chi connectivity index (χ0n) is 43.4. The molecular weight excluding hydrogens is 1000 g/mol. The highest BCUT2D eigenvalue weighted by molar-refractivity contribution is 7.46. The molecule has 2 saturated heterocycles. The summed E-state index contributed by atoms with van der Waals surface area (Å²) < 4.78 is 56.4. The van der Waals surface area contributed by atoms with Crippen LogP contribution in [0.25, 0.3) is 0 Å². The van der Waals surface area contributed by atoms with Crippen LogP contribution in [0.2, 0.25) is 0 Å². The first-order valence-electron chi connectivity index (χ1n) is 26.8. The standard InChI is InChI=1S/C48H92N2O21P2/c1-4-7-10-13-16-19-22-25-28-35(53)46(59)67-34(27-24-21-18-15-12-9-6-3)30-39(55)50-41-44(58)45(70-72(60,61)62)36(31-51)68-47(41)66-32-37-42(56)43(57)40(48(69-37)71-73(63,64)65)49-38(54)29-33(52)26-23-20-17-14-11-8-5-2/h33-37,40-45,47-48,51-53,56-58H,4-32H2,1-3H3,(H,49,54)(H,50,55)(H2,60,61,62)(H2,63,64,65)/t33-,34-,35+,36-,37-,40+,41+,42-,43-,44-,45-,47-,48+/m1/s1. The lowest BCUT2D eigenvalue weighted by atomic mass is 9.95. The van der Waals surface area contributed by atoms with Crippen LogP contribution in [0.1, 0.15) is 194 Å². The zero-order chi connectivity index (χ0) is 54.4. The first kappa shape index (κ1) is 67.4. The average molecular weight is 1100 g/mol. The number of phosphoric acid groups is 2. The first-order chi connectivity index (χ1) is 34.6. The van der Waals surface area contributed by atoms with E-state index in [4.69, 9.17) is 28.0 Å². The maximum atomic E-state index is 13.9. The molecule has 0 radical (unpaired) electrons. The number of esters is 1. The molecule has 73 heavy (non-hydrogen) atoms. The molecule has 2 heterocycles. The predicted molar refractivity (Wildman–Crippen MR) is 266 cm³/mol. The Labute approximate surface area is 431 Å². The maximum absolute atomic E-state index is 13.9. The number of unbranched alkanes of at least 4 members (excludes halogenated alkanes) is 19. The summed E-state index contributed by atoms with van der Waals surface area (Å²) in [6.07, 6.45) is 1.76. The van der Waals surface area contributed by atoms with Crippen molar-refractivity contribution >= 4 is 33.4 Å². The van der Waals surface area contributed by atoms with E-state index in [0.717, 1.165) is 116 Å². The molecule has 430 valence electrons. The predicted octanol–water partition coefficient (Wildman–Crippen LogP) is 4.31. The number of aliphatic hydroxyl groups excluding tert-OH is 6. The Kier molecular flexibility index (Phi) is 34.3. The third-order valence-electron chi connectivity index (χ3n) is 13.1. The Morgan fingerprint density at radius 1 is 0.548 bits per heavy atom. The number of nitrogens with one attached hydrogen (secondary N) is 2. The molecule has 2 aliphatic rings. The van der Waals surface area contributed by atoms with Gasteiger partial charge in [-0.1, -0.05) is 156 Å². The van der Waals surface area contributed by atoms with Crippen molar-refractivity contribution in [3.05, 3.63) is 0 Å². The van der Waals surface area contributed by atoms with Crippen LogP contribution in [-0.2, 0) is 51.5 Å². The highest BCUT2D eigenvalue weighted by atomic mass is 31.2. The molecule has 0 bridgehead atoms. The van der Waals surface area contributed by atoms with Crippen molar-refractivity contribution in [1.82, 2.24) is 10.6 Å². The largest absolute Gasteiger partial charge is 0.472 e. The minimum atomic E-state index is -5.43. The van der Waals surface area contributed by atoms with Crippen LogP contribution < -0.4 is 10.6 Å². The smallest absolute Gasteiger partial charge is 0.460 e. The van der Waals surface area contributed by atoms with E-state index in [-0.39, 0.29) is 19.3 Å². The third-order valence-corrected chi connectivity index (χ3v) is 14.1. The SMILES string of the molecule is CCCCCCCCCC[C@H](O)C(=O)O[C@H](CCCCCCCCC)CC(=O)N[C@@H]1[C@H](OC[C@H]2O[C@@H](OP(=O)(O)O)[C@@H](NC(=O)C[C@H](O)CCCCCCCCC)[C@@H](O)[C@@H]2O)O[C@H](CO)[C@@H](OP(=O)(O)O)[C@@H]1O. The van der Waals surface area contributed by atoms with E-state index >= 15 is 0 Å². The van der Waals surface area contributed by atoms with Crippen LogP contribution in [0.5, 0.6) is 0 Å². The van der Waals surface area contributed by atoms with Crippen molar-refractivity contribution in [3.63, 3.8) is 0 Å². The molecule has 0 aliphatic carbocycles. The Bertz CT molecular complexity index is 1610. The Balaban J connectivity index is 2.25. The first-order valence-corrected chi connectivity index (χ1v) is 29.9. The zero-order valence-corrected chi connectivity index (χ0v) is 45.2. The second-order valence-electron chi connectivity index (χ2n) is 19.6.